The van der Waals surface area contributed by atoms with Gasteiger partial charge in [0.15, 0.2) is 0 Å². The molecule has 0 aliphatic heterocycles. The van der Waals surface area contributed by atoms with Crippen LogP contribution in [0.5, 0.6) is 0 Å². The Balaban J connectivity index is 1.83. The monoisotopic (exact) mass is 548 g/mol. The molecule has 4 rings (SSSR count). The number of nitrogens with zero attached hydrogens (tertiary/aromatic N) is 2. The van der Waals surface area contributed by atoms with E-state index >= 15 is 0 Å². The standard InChI is InChI=1S/C24H17Br2F3N2/c1-15-22(17-5-9-20(25)10-6-17)30-31(23(15)18-7-11-21(26)12-8-18)14-16-3-2-4-19(13-16)24(27,28)29/h2-13H,14H2,1H3. The highest BCUT2D eigenvalue weighted by atomic mass is 79.9. The van der Waals surface area contributed by atoms with E-state index in [0.717, 1.165) is 43.1 Å². The Bertz CT molecular complexity index is 1210. The average molecular weight is 550 g/mol. The van der Waals surface area contributed by atoms with Crippen molar-refractivity contribution in [3.63, 3.8) is 0 Å². The lowest BCUT2D eigenvalue weighted by Crippen LogP contribution is -2.08. The van der Waals surface area contributed by atoms with Crippen LogP contribution in [0.1, 0.15) is 16.7 Å². The van der Waals surface area contributed by atoms with Crippen LogP contribution in [0, 0.1) is 6.92 Å². The van der Waals surface area contributed by atoms with Crippen molar-refractivity contribution in [2.75, 3.05) is 0 Å². The summed E-state index contributed by atoms with van der Waals surface area (Å²) in [4.78, 5) is 0. The smallest absolute Gasteiger partial charge is 0.260 e. The summed E-state index contributed by atoms with van der Waals surface area (Å²) in [6.45, 7) is 2.22. The molecule has 0 amide bonds. The van der Waals surface area contributed by atoms with Gasteiger partial charge < -0.3 is 0 Å². The van der Waals surface area contributed by atoms with Crippen LogP contribution in [0.3, 0.4) is 0 Å². The van der Waals surface area contributed by atoms with E-state index in [2.05, 4.69) is 31.9 Å². The van der Waals surface area contributed by atoms with Crippen molar-refractivity contribution in [3.8, 4) is 22.5 Å². The van der Waals surface area contributed by atoms with Gasteiger partial charge in [0.05, 0.1) is 23.5 Å². The van der Waals surface area contributed by atoms with Crippen molar-refractivity contribution in [3.05, 3.63) is 98.4 Å². The first kappa shape index (κ1) is 21.8. The van der Waals surface area contributed by atoms with Crippen LogP contribution in [0.25, 0.3) is 22.5 Å². The van der Waals surface area contributed by atoms with E-state index in [1.54, 1.807) is 10.7 Å². The molecule has 2 nitrogen and oxygen atoms in total. The van der Waals surface area contributed by atoms with E-state index in [1.165, 1.54) is 12.1 Å². The van der Waals surface area contributed by atoms with Gasteiger partial charge in [0.1, 0.15) is 0 Å². The predicted octanol–water partition coefficient (Wildman–Crippen LogP) is 8.12. The summed E-state index contributed by atoms with van der Waals surface area (Å²) in [6.07, 6.45) is -4.38. The van der Waals surface area contributed by atoms with E-state index in [-0.39, 0.29) is 6.54 Å². The van der Waals surface area contributed by atoms with Crippen LogP contribution >= 0.6 is 31.9 Å². The second kappa shape index (κ2) is 8.63. The summed E-state index contributed by atoms with van der Waals surface area (Å²) in [5.41, 5.74) is 4.42. The van der Waals surface area contributed by atoms with Gasteiger partial charge in [0.25, 0.3) is 0 Å². The second-order valence-corrected chi connectivity index (χ2v) is 9.02. The fourth-order valence-electron chi connectivity index (χ4n) is 3.54. The Hall–Kier alpha value is -2.38. The maximum Gasteiger partial charge on any atom is 0.416 e. The number of benzene rings is 3. The van der Waals surface area contributed by atoms with Gasteiger partial charge in [-0.05, 0) is 48.9 Å². The average Bonchev–Trinajstić information content (AvgIpc) is 3.05. The molecule has 3 aromatic carbocycles. The van der Waals surface area contributed by atoms with Crippen LogP contribution < -0.4 is 0 Å². The number of hydrogen-bond acceptors (Lipinski definition) is 1. The third-order valence-corrected chi connectivity index (χ3v) is 6.07. The molecule has 0 unspecified atom stereocenters. The maximum absolute atomic E-state index is 13.2. The molecule has 7 heteroatoms. The molecule has 0 saturated heterocycles. The molecule has 1 aromatic heterocycles. The fourth-order valence-corrected chi connectivity index (χ4v) is 4.07. The number of halogens is 5. The molecule has 1 heterocycles. The van der Waals surface area contributed by atoms with Gasteiger partial charge in [-0.15, -0.1) is 0 Å². The first-order valence-corrected chi connectivity index (χ1v) is 11.1. The molecule has 0 fully saturated rings. The van der Waals surface area contributed by atoms with Crippen LogP contribution in [-0.2, 0) is 12.7 Å². The molecule has 0 saturated carbocycles. The van der Waals surface area contributed by atoms with Crippen molar-refractivity contribution >= 4 is 31.9 Å². The zero-order chi connectivity index (χ0) is 22.2. The summed E-state index contributed by atoms with van der Waals surface area (Å²) in [7, 11) is 0. The zero-order valence-electron chi connectivity index (χ0n) is 16.4. The van der Waals surface area contributed by atoms with Crippen LogP contribution in [0.15, 0.2) is 81.7 Å². The van der Waals surface area contributed by atoms with Gasteiger partial charge in [-0.2, -0.15) is 18.3 Å². The minimum atomic E-state index is -4.38. The van der Waals surface area contributed by atoms with Gasteiger partial charge in [-0.3, -0.25) is 4.68 Å². The predicted molar refractivity (Wildman–Crippen MR) is 124 cm³/mol. The van der Waals surface area contributed by atoms with Gasteiger partial charge in [-0.1, -0.05) is 68.3 Å². The Morgan fingerprint density at radius 2 is 1.42 bits per heavy atom. The quantitative estimate of drug-likeness (QED) is 0.251. The van der Waals surface area contributed by atoms with E-state index in [0.29, 0.717) is 5.56 Å². The summed E-state index contributed by atoms with van der Waals surface area (Å²) in [5, 5.41) is 4.80. The summed E-state index contributed by atoms with van der Waals surface area (Å²) in [5.74, 6) is 0. The number of alkyl halides is 3. The molecular formula is C24H17Br2F3N2. The molecule has 0 atom stereocenters. The Kier molecular flexibility index (Phi) is 6.08. The molecule has 0 radical (unpaired) electrons. The van der Waals surface area contributed by atoms with Gasteiger partial charge in [-0.25, -0.2) is 0 Å². The summed E-state index contributed by atoms with van der Waals surface area (Å²) in [6, 6.07) is 21.1. The highest BCUT2D eigenvalue weighted by molar-refractivity contribution is 9.10. The summed E-state index contributed by atoms with van der Waals surface area (Å²) >= 11 is 6.90. The number of hydrogen-bond donors (Lipinski definition) is 0. The van der Waals surface area contributed by atoms with E-state index in [4.69, 9.17) is 5.10 Å². The lowest BCUT2D eigenvalue weighted by atomic mass is 10.0. The molecular weight excluding hydrogens is 533 g/mol. The van der Waals surface area contributed by atoms with Crippen LogP contribution in [0.4, 0.5) is 13.2 Å². The van der Waals surface area contributed by atoms with Crippen LogP contribution in [0.2, 0.25) is 0 Å². The Morgan fingerprint density at radius 1 is 0.839 bits per heavy atom. The lowest BCUT2D eigenvalue weighted by Gasteiger charge is -2.11. The minimum Gasteiger partial charge on any atom is -0.260 e. The molecule has 0 aliphatic rings. The summed E-state index contributed by atoms with van der Waals surface area (Å²) < 4.78 is 43.2. The third-order valence-electron chi connectivity index (χ3n) is 5.01. The normalized spacial score (nSPS) is 11.7. The Labute approximate surface area is 195 Å². The maximum atomic E-state index is 13.2. The third kappa shape index (κ3) is 4.77. The zero-order valence-corrected chi connectivity index (χ0v) is 19.6. The molecule has 31 heavy (non-hydrogen) atoms. The molecule has 0 N–H and O–H groups in total. The minimum absolute atomic E-state index is 0.229. The molecule has 4 aromatic rings. The number of aromatic nitrogens is 2. The van der Waals surface area contributed by atoms with Crippen molar-refractivity contribution in [2.24, 2.45) is 0 Å². The SMILES string of the molecule is Cc1c(-c2ccc(Br)cc2)nn(Cc2cccc(C(F)(F)F)c2)c1-c1ccc(Br)cc1. The first-order valence-electron chi connectivity index (χ1n) is 9.48. The first-order chi connectivity index (χ1) is 14.7. The molecule has 0 aliphatic carbocycles. The van der Waals surface area contributed by atoms with Crippen LogP contribution in [-0.4, -0.2) is 9.78 Å². The van der Waals surface area contributed by atoms with Gasteiger partial charge in [0, 0.05) is 25.6 Å². The van der Waals surface area contributed by atoms with E-state index in [9.17, 15) is 13.2 Å². The molecule has 0 bridgehead atoms. The van der Waals surface area contributed by atoms with E-state index in [1.807, 2.05) is 55.5 Å². The highest BCUT2D eigenvalue weighted by Crippen LogP contribution is 2.34. The second-order valence-electron chi connectivity index (χ2n) is 7.19. The number of rotatable bonds is 4. The molecule has 158 valence electrons. The van der Waals surface area contributed by atoms with E-state index < -0.39 is 11.7 Å². The van der Waals surface area contributed by atoms with Gasteiger partial charge in [0.2, 0.25) is 0 Å². The molecule has 0 spiro atoms. The lowest BCUT2D eigenvalue weighted by molar-refractivity contribution is -0.137. The van der Waals surface area contributed by atoms with Crippen molar-refractivity contribution in [2.45, 2.75) is 19.6 Å². The van der Waals surface area contributed by atoms with Crippen molar-refractivity contribution in [1.29, 1.82) is 0 Å². The Morgan fingerprint density at radius 3 is 2.00 bits per heavy atom. The van der Waals surface area contributed by atoms with Gasteiger partial charge >= 0.3 is 6.18 Å². The highest BCUT2D eigenvalue weighted by Gasteiger charge is 2.30. The topological polar surface area (TPSA) is 17.8 Å². The van der Waals surface area contributed by atoms with Crippen molar-refractivity contribution in [1.82, 2.24) is 9.78 Å². The van der Waals surface area contributed by atoms with Crippen molar-refractivity contribution < 1.29 is 13.2 Å². The largest absolute Gasteiger partial charge is 0.416 e. The fraction of sp³-hybridized carbons (Fsp3) is 0.125.